The van der Waals surface area contributed by atoms with Crippen molar-refractivity contribution in [1.82, 2.24) is 5.32 Å². The van der Waals surface area contributed by atoms with Gasteiger partial charge in [0.1, 0.15) is 12.4 Å². The molecule has 0 aliphatic carbocycles. The third-order valence-corrected chi connectivity index (χ3v) is 4.36. The third kappa shape index (κ3) is 3.89. The minimum absolute atomic E-state index is 0. The lowest BCUT2D eigenvalue weighted by Crippen LogP contribution is -2.57. The fourth-order valence-electron chi connectivity index (χ4n) is 2.31. The number of hydrogen-bond donors (Lipinski definition) is 2. The summed E-state index contributed by atoms with van der Waals surface area (Å²) in [4.78, 5) is 12.4. The van der Waals surface area contributed by atoms with Gasteiger partial charge in [-0.05, 0) is 30.9 Å². The van der Waals surface area contributed by atoms with Crippen molar-refractivity contribution in [2.24, 2.45) is 17.6 Å². The minimum Gasteiger partial charge on any atom is -0.492 e. The molecule has 2 unspecified atom stereocenters. The smallest absolute Gasteiger partial charge is 0.227 e. The van der Waals surface area contributed by atoms with Crippen molar-refractivity contribution in [3.8, 4) is 5.75 Å². The van der Waals surface area contributed by atoms with Crippen LogP contribution in [0.1, 0.15) is 26.3 Å². The largest absolute Gasteiger partial charge is 0.492 e. The van der Waals surface area contributed by atoms with E-state index in [9.17, 15) is 4.79 Å². The number of para-hydroxylation sites is 1. The Morgan fingerprint density at radius 3 is 2.76 bits per heavy atom. The first-order valence-electron chi connectivity index (χ1n) is 7.19. The average Bonchev–Trinajstić information content (AvgIpc) is 2.46. The summed E-state index contributed by atoms with van der Waals surface area (Å²) in [7, 11) is 0. The predicted octanol–water partition coefficient (Wildman–Crippen LogP) is 2.15. The van der Waals surface area contributed by atoms with E-state index < -0.39 is 0 Å². The van der Waals surface area contributed by atoms with Crippen LogP contribution in [0, 0.1) is 11.8 Å². The molecule has 1 aliphatic rings. The summed E-state index contributed by atoms with van der Waals surface area (Å²) >= 11 is 0. The van der Waals surface area contributed by atoms with Gasteiger partial charge in [0.25, 0.3) is 0 Å². The van der Waals surface area contributed by atoms with Gasteiger partial charge in [0.2, 0.25) is 5.91 Å². The Balaban J connectivity index is 0.00000220. The zero-order valence-electron chi connectivity index (χ0n) is 12.9. The Kier molecular flexibility index (Phi) is 6.05. The predicted molar refractivity (Wildman–Crippen MR) is 86.8 cm³/mol. The number of amides is 1. The van der Waals surface area contributed by atoms with E-state index in [1.165, 1.54) is 0 Å². The molecule has 0 bridgehead atoms. The van der Waals surface area contributed by atoms with Crippen LogP contribution in [0.25, 0.3) is 0 Å². The molecule has 2 rings (SSSR count). The zero-order chi connectivity index (χ0) is 14.8. The molecule has 0 spiro atoms. The molecule has 21 heavy (non-hydrogen) atoms. The van der Waals surface area contributed by atoms with Gasteiger partial charge in [-0.1, -0.05) is 32.0 Å². The van der Waals surface area contributed by atoms with Crippen molar-refractivity contribution in [2.75, 3.05) is 13.2 Å². The molecule has 0 aromatic heterocycles. The monoisotopic (exact) mass is 312 g/mol. The topological polar surface area (TPSA) is 64.3 Å². The fraction of sp³-hybridized carbons (Fsp3) is 0.562. The van der Waals surface area contributed by atoms with Crippen molar-refractivity contribution in [2.45, 2.75) is 32.7 Å². The third-order valence-electron chi connectivity index (χ3n) is 4.36. The van der Waals surface area contributed by atoms with Gasteiger partial charge in [-0.2, -0.15) is 0 Å². The van der Waals surface area contributed by atoms with E-state index in [2.05, 4.69) is 19.2 Å². The first-order chi connectivity index (χ1) is 9.46. The first-order valence-corrected chi connectivity index (χ1v) is 7.19. The van der Waals surface area contributed by atoms with Crippen molar-refractivity contribution in [3.63, 3.8) is 0 Å². The number of nitrogens with two attached hydrogens (primary N) is 1. The summed E-state index contributed by atoms with van der Waals surface area (Å²) in [6.45, 7) is 7.00. The number of nitrogens with one attached hydrogen (secondary N) is 1. The van der Waals surface area contributed by atoms with E-state index in [0.717, 1.165) is 17.7 Å². The molecule has 1 aliphatic heterocycles. The Hall–Kier alpha value is -1.26. The highest BCUT2D eigenvalue weighted by molar-refractivity contribution is 5.85. The van der Waals surface area contributed by atoms with Crippen LogP contribution in [-0.4, -0.2) is 24.6 Å². The maximum Gasteiger partial charge on any atom is 0.227 e. The fourth-order valence-corrected chi connectivity index (χ4v) is 2.31. The summed E-state index contributed by atoms with van der Waals surface area (Å²) in [6, 6.07) is 7.88. The Morgan fingerprint density at radius 1 is 1.48 bits per heavy atom. The molecule has 1 aromatic rings. The highest BCUT2D eigenvalue weighted by Gasteiger charge is 2.33. The summed E-state index contributed by atoms with van der Waals surface area (Å²) in [5.41, 5.74) is 6.54. The van der Waals surface area contributed by atoms with Gasteiger partial charge in [-0.25, -0.2) is 0 Å². The maximum atomic E-state index is 12.4. The molecular weight excluding hydrogens is 288 g/mol. The highest BCUT2D eigenvalue weighted by atomic mass is 35.5. The van der Waals surface area contributed by atoms with Crippen LogP contribution in [-0.2, 0) is 11.2 Å². The van der Waals surface area contributed by atoms with Gasteiger partial charge < -0.3 is 15.8 Å². The molecule has 3 N–H and O–H groups in total. The van der Waals surface area contributed by atoms with Crippen molar-refractivity contribution in [3.05, 3.63) is 29.8 Å². The quantitative estimate of drug-likeness (QED) is 0.895. The SMILES string of the molecule is CC(C)C(C)(CN)NC(=O)C1COc2ccccc2C1.Cl. The van der Waals surface area contributed by atoms with Crippen LogP contribution in [0.15, 0.2) is 24.3 Å². The second kappa shape index (κ2) is 7.14. The summed E-state index contributed by atoms with van der Waals surface area (Å²) in [5, 5.41) is 3.10. The van der Waals surface area contributed by atoms with Crippen LogP contribution in [0.3, 0.4) is 0 Å². The number of halogens is 1. The van der Waals surface area contributed by atoms with Crippen molar-refractivity contribution < 1.29 is 9.53 Å². The number of ether oxygens (including phenoxy) is 1. The van der Waals surface area contributed by atoms with Crippen LogP contribution < -0.4 is 15.8 Å². The standard InChI is InChI=1S/C16H24N2O2.ClH/c1-11(2)16(3,10-17)18-15(19)13-8-12-6-4-5-7-14(12)20-9-13;/h4-7,11,13H,8-10,17H2,1-3H3,(H,18,19);1H. The van der Waals surface area contributed by atoms with E-state index in [1.54, 1.807) is 0 Å². The molecule has 0 radical (unpaired) electrons. The van der Waals surface area contributed by atoms with Crippen LogP contribution in [0.4, 0.5) is 0 Å². The molecule has 118 valence electrons. The molecule has 0 fully saturated rings. The molecule has 1 amide bonds. The summed E-state index contributed by atoms with van der Waals surface area (Å²) < 4.78 is 5.67. The first kappa shape index (κ1) is 17.8. The van der Waals surface area contributed by atoms with Gasteiger partial charge in [0.05, 0.1) is 11.5 Å². The molecular formula is C16H25ClN2O2. The van der Waals surface area contributed by atoms with Gasteiger partial charge in [-0.3, -0.25) is 4.79 Å². The highest BCUT2D eigenvalue weighted by Crippen LogP contribution is 2.27. The summed E-state index contributed by atoms with van der Waals surface area (Å²) in [5.74, 6) is 1.06. The average molecular weight is 313 g/mol. The number of fused-ring (bicyclic) bond motifs is 1. The Labute approximate surface area is 132 Å². The lowest BCUT2D eigenvalue weighted by molar-refractivity contribution is -0.128. The summed E-state index contributed by atoms with van der Waals surface area (Å²) in [6.07, 6.45) is 0.723. The second-order valence-electron chi connectivity index (χ2n) is 6.09. The van der Waals surface area contributed by atoms with Crippen LogP contribution >= 0.6 is 12.4 Å². The second-order valence-corrected chi connectivity index (χ2v) is 6.09. The molecule has 0 saturated heterocycles. The van der Waals surface area contributed by atoms with Gasteiger partial charge in [0.15, 0.2) is 0 Å². The van der Waals surface area contributed by atoms with E-state index in [-0.39, 0.29) is 35.7 Å². The lowest BCUT2D eigenvalue weighted by Gasteiger charge is -2.35. The molecule has 1 aromatic carbocycles. The Bertz CT molecular complexity index is 493. The van der Waals surface area contributed by atoms with Crippen LogP contribution in [0.2, 0.25) is 0 Å². The van der Waals surface area contributed by atoms with Crippen molar-refractivity contribution in [1.29, 1.82) is 0 Å². The number of carbonyl (C=O) groups is 1. The molecule has 2 atom stereocenters. The Morgan fingerprint density at radius 2 is 2.14 bits per heavy atom. The number of benzene rings is 1. The van der Waals surface area contributed by atoms with E-state index in [4.69, 9.17) is 10.5 Å². The van der Waals surface area contributed by atoms with Gasteiger partial charge in [-0.15, -0.1) is 12.4 Å². The molecule has 5 heteroatoms. The molecule has 1 heterocycles. The van der Waals surface area contributed by atoms with Gasteiger partial charge >= 0.3 is 0 Å². The minimum atomic E-state index is -0.367. The zero-order valence-corrected chi connectivity index (χ0v) is 13.7. The number of rotatable bonds is 4. The van der Waals surface area contributed by atoms with E-state index in [1.807, 2.05) is 31.2 Å². The molecule has 4 nitrogen and oxygen atoms in total. The van der Waals surface area contributed by atoms with Gasteiger partial charge in [0, 0.05) is 6.54 Å². The number of hydrogen-bond acceptors (Lipinski definition) is 3. The van der Waals surface area contributed by atoms with Crippen molar-refractivity contribution >= 4 is 18.3 Å². The van der Waals surface area contributed by atoms with Crippen LogP contribution in [0.5, 0.6) is 5.75 Å². The van der Waals surface area contributed by atoms with E-state index in [0.29, 0.717) is 13.2 Å². The normalized spacial score (nSPS) is 19.8. The van der Waals surface area contributed by atoms with E-state index >= 15 is 0 Å². The lowest BCUT2D eigenvalue weighted by atomic mass is 9.87. The number of carbonyl (C=O) groups excluding carboxylic acids is 1. The maximum absolute atomic E-state index is 12.4. The molecule has 0 saturated carbocycles.